The molecule has 110 valence electrons. The molecule has 0 saturated carbocycles. The molecule has 0 bridgehead atoms. The van der Waals surface area contributed by atoms with Gasteiger partial charge in [-0.1, -0.05) is 6.07 Å². The average Bonchev–Trinajstić information content (AvgIpc) is 2.36. The van der Waals surface area contributed by atoms with Gasteiger partial charge in [-0.3, -0.25) is 0 Å². The lowest BCUT2D eigenvalue weighted by atomic mass is 10.1. The van der Waals surface area contributed by atoms with Crippen molar-refractivity contribution in [3.05, 3.63) is 23.8 Å². The van der Waals surface area contributed by atoms with Gasteiger partial charge in [0.05, 0.1) is 5.69 Å². The second-order valence-corrected chi connectivity index (χ2v) is 5.78. The monoisotopic (exact) mass is 278 g/mol. The second-order valence-electron chi connectivity index (χ2n) is 5.78. The third-order valence-electron chi connectivity index (χ3n) is 2.80. The first-order valence-electron chi connectivity index (χ1n) is 6.90. The summed E-state index contributed by atoms with van der Waals surface area (Å²) in [4.78, 5) is 11.5. The van der Waals surface area contributed by atoms with E-state index in [0.29, 0.717) is 13.2 Å². The van der Waals surface area contributed by atoms with Crippen molar-refractivity contribution in [1.29, 1.82) is 0 Å². The van der Waals surface area contributed by atoms with Gasteiger partial charge in [0.1, 0.15) is 18.0 Å². The third-order valence-corrected chi connectivity index (χ3v) is 2.80. The van der Waals surface area contributed by atoms with Crippen molar-refractivity contribution in [3.8, 4) is 5.75 Å². The van der Waals surface area contributed by atoms with Gasteiger partial charge in [-0.05, 0) is 44.9 Å². The van der Waals surface area contributed by atoms with E-state index in [1.54, 1.807) is 0 Å². The lowest BCUT2D eigenvalue weighted by molar-refractivity contribution is 0.0528. The number of nitrogens with one attached hydrogen (secondary N) is 2. The molecule has 0 unspecified atom stereocenters. The highest BCUT2D eigenvalue weighted by Gasteiger charge is 2.15. The Kier molecular flexibility index (Phi) is 4.37. The summed E-state index contributed by atoms with van der Waals surface area (Å²) in [5.74, 6) is 0.889. The summed E-state index contributed by atoms with van der Waals surface area (Å²) >= 11 is 0. The molecule has 1 heterocycles. The lowest BCUT2D eigenvalue weighted by Crippen LogP contribution is -2.33. The molecule has 0 fully saturated rings. The molecule has 0 atom stereocenters. The summed E-state index contributed by atoms with van der Waals surface area (Å²) < 4.78 is 10.7. The maximum absolute atomic E-state index is 11.5. The molecule has 0 aliphatic carbocycles. The van der Waals surface area contributed by atoms with E-state index in [1.807, 2.05) is 32.9 Å². The highest BCUT2D eigenvalue weighted by atomic mass is 16.6. The molecule has 0 spiro atoms. The Labute approximate surface area is 119 Å². The minimum atomic E-state index is -0.461. The minimum Gasteiger partial charge on any atom is -0.490 e. The van der Waals surface area contributed by atoms with Crippen LogP contribution in [0, 0.1) is 0 Å². The number of benzene rings is 1. The smallest absolute Gasteiger partial charge is 0.407 e. The summed E-state index contributed by atoms with van der Waals surface area (Å²) in [6.45, 7) is 7.62. The number of anilines is 1. The first-order valence-corrected chi connectivity index (χ1v) is 6.90. The van der Waals surface area contributed by atoms with E-state index >= 15 is 0 Å². The van der Waals surface area contributed by atoms with E-state index in [-0.39, 0.29) is 6.09 Å². The van der Waals surface area contributed by atoms with Crippen LogP contribution in [0.4, 0.5) is 10.5 Å². The van der Waals surface area contributed by atoms with Crippen LogP contribution in [0.15, 0.2) is 18.2 Å². The van der Waals surface area contributed by atoms with Crippen LogP contribution in [-0.2, 0) is 11.2 Å². The molecular weight excluding hydrogens is 256 g/mol. The summed E-state index contributed by atoms with van der Waals surface area (Å²) in [6, 6.07) is 6.04. The van der Waals surface area contributed by atoms with Gasteiger partial charge < -0.3 is 20.1 Å². The van der Waals surface area contributed by atoms with Crippen LogP contribution in [0.1, 0.15) is 26.3 Å². The Morgan fingerprint density at radius 1 is 1.45 bits per heavy atom. The van der Waals surface area contributed by atoms with E-state index in [9.17, 15) is 4.79 Å². The predicted molar refractivity (Wildman–Crippen MR) is 78.4 cm³/mol. The molecule has 2 rings (SSSR count). The highest BCUT2D eigenvalue weighted by Crippen LogP contribution is 2.28. The Morgan fingerprint density at radius 2 is 2.25 bits per heavy atom. The van der Waals surface area contributed by atoms with Gasteiger partial charge in [0, 0.05) is 13.1 Å². The van der Waals surface area contributed by atoms with Crippen molar-refractivity contribution in [3.63, 3.8) is 0 Å². The van der Waals surface area contributed by atoms with Crippen molar-refractivity contribution < 1.29 is 14.3 Å². The molecule has 1 amide bonds. The largest absolute Gasteiger partial charge is 0.490 e. The van der Waals surface area contributed by atoms with Crippen LogP contribution in [0.2, 0.25) is 0 Å². The summed E-state index contributed by atoms with van der Waals surface area (Å²) in [6.07, 6.45) is 0.380. The summed E-state index contributed by atoms with van der Waals surface area (Å²) in [5, 5.41) is 6.05. The molecule has 1 aromatic rings. The Balaban J connectivity index is 1.81. The highest BCUT2D eigenvalue weighted by molar-refractivity contribution is 5.67. The van der Waals surface area contributed by atoms with Crippen LogP contribution in [-0.4, -0.2) is 31.4 Å². The van der Waals surface area contributed by atoms with Gasteiger partial charge in [0.15, 0.2) is 0 Å². The molecule has 5 heteroatoms. The standard InChI is InChI=1S/C15H22N2O3/c1-15(2,3)20-14(18)17-7-6-11-4-5-13-12(10-11)16-8-9-19-13/h4-5,10,16H,6-9H2,1-3H3,(H,17,18). The minimum absolute atomic E-state index is 0.378. The number of carbonyl (C=O) groups excluding carboxylic acids is 1. The van der Waals surface area contributed by atoms with Gasteiger partial charge in [-0.2, -0.15) is 0 Å². The SMILES string of the molecule is CC(C)(C)OC(=O)NCCc1ccc2c(c1)NCCO2. The zero-order valence-electron chi connectivity index (χ0n) is 12.3. The molecule has 5 nitrogen and oxygen atoms in total. The first-order chi connectivity index (χ1) is 9.44. The van der Waals surface area contributed by atoms with Crippen molar-refractivity contribution in [2.75, 3.05) is 25.0 Å². The molecule has 2 N–H and O–H groups in total. The maximum atomic E-state index is 11.5. The quantitative estimate of drug-likeness (QED) is 0.892. The number of fused-ring (bicyclic) bond motifs is 1. The molecular formula is C15H22N2O3. The molecule has 20 heavy (non-hydrogen) atoms. The zero-order chi connectivity index (χ0) is 14.6. The number of carbonyl (C=O) groups is 1. The Bertz CT molecular complexity index is 480. The van der Waals surface area contributed by atoms with E-state index in [4.69, 9.17) is 9.47 Å². The fourth-order valence-electron chi connectivity index (χ4n) is 1.97. The van der Waals surface area contributed by atoms with Crippen molar-refractivity contribution in [2.24, 2.45) is 0 Å². The second kappa shape index (κ2) is 6.03. The first kappa shape index (κ1) is 14.5. The molecule has 0 aromatic heterocycles. The van der Waals surface area contributed by atoms with Crippen LogP contribution >= 0.6 is 0 Å². The molecule has 1 aliphatic heterocycles. The number of alkyl carbamates (subject to hydrolysis) is 1. The van der Waals surface area contributed by atoms with Crippen LogP contribution in [0.25, 0.3) is 0 Å². The number of amides is 1. The van der Waals surface area contributed by atoms with Gasteiger partial charge >= 0.3 is 6.09 Å². The zero-order valence-corrected chi connectivity index (χ0v) is 12.3. The maximum Gasteiger partial charge on any atom is 0.407 e. The van der Waals surface area contributed by atoms with Crippen LogP contribution in [0.3, 0.4) is 0 Å². The topological polar surface area (TPSA) is 59.6 Å². The van der Waals surface area contributed by atoms with Gasteiger partial charge in [-0.15, -0.1) is 0 Å². The van der Waals surface area contributed by atoms with Gasteiger partial charge in [-0.25, -0.2) is 4.79 Å². The summed E-state index contributed by atoms with van der Waals surface area (Å²) in [7, 11) is 0. The normalized spacial score (nSPS) is 13.8. The van der Waals surface area contributed by atoms with E-state index in [0.717, 1.165) is 30.0 Å². The fraction of sp³-hybridized carbons (Fsp3) is 0.533. The number of hydrogen-bond donors (Lipinski definition) is 2. The number of ether oxygens (including phenoxy) is 2. The summed E-state index contributed by atoms with van der Waals surface area (Å²) in [5.41, 5.74) is 1.71. The fourth-order valence-corrected chi connectivity index (χ4v) is 1.97. The van der Waals surface area contributed by atoms with Gasteiger partial charge in [0.25, 0.3) is 0 Å². The van der Waals surface area contributed by atoms with Gasteiger partial charge in [0.2, 0.25) is 0 Å². The van der Waals surface area contributed by atoms with Crippen LogP contribution in [0.5, 0.6) is 5.75 Å². The van der Waals surface area contributed by atoms with Crippen molar-refractivity contribution in [1.82, 2.24) is 5.32 Å². The molecule has 0 radical (unpaired) electrons. The van der Waals surface area contributed by atoms with E-state index in [2.05, 4.69) is 16.7 Å². The van der Waals surface area contributed by atoms with Crippen LogP contribution < -0.4 is 15.4 Å². The van der Waals surface area contributed by atoms with E-state index in [1.165, 1.54) is 0 Å². The predicted octanol–water partition coefficient (Wildman–Crippen LogP) is 2.56. The van der Waals surface area contributed by atoms with Crippen molar-refractivity contribution in [2.45, 2.75) is 32.8 Å². The number of rotatable bonds is 3. The molecule has 1 aromatic carbocycles. The van der Waals surface area contributed by atoms with E-state index < -0.39 is 5.60 Å². The average molecular weight is 278 g/mol. The Hall–Kier alpha value is -1.91. The molecule has 1 aliphatic rings. The lowest BCUT2D eigenvalue weighted by Gasteiger charge is -2.20. The number of hydrogen-bond acceptors (Lipinski definition) is 4. The third kappa shape index (κ3) is 4.33. The Morgan fingerprint density at radius 3 is 3.00 bits per heavy atom. The van der Waals surface area contributed by atoms with Crippen molar-refractivity contribution >= 4 is 11.8 Å². The molecule has 0 saturated heterocycles.